The summed E-state index contributed by atoms with van der Waals surface area (Å²) in [6.07, 6.45) is 3.95. The third kappa shape index (κ3) is 0.852. The van der Waals surface area contributed by atoms with Crippen molar-refractivity contribution in [2.24, 2.45) is 0 Å². The van der Waals surface area contributed by atoms with Crippen LogP contribution in [0.5, 0.6) is 0 Å². The van der Waals surface area contributed by atoms with Crippen LogP contribution in [0.2, 0.25) is 0 Å². The second-order valence-corrected chi connectivity index (χ2v) is 3.93. The normalized spacial score (nSPS) is 11.8. The first-order valence-corrected chi connectivity index (χ1v) is 5.26. The average Bonchev–Trinajstić information content (AvgIpc) is 2.85. The van der Waals surface area contributed by atoms with Crippen LogP contribution >= 0.6 is 0 Å². The highest BCUT2D eigenvalue weighted by atomic mass is 15.0. The van der Waals surface area contributed by atoms with Crippen LogP contribution in [-0.2, 0) is 0 Å². The first-order valence-electron chi connectivity index (χ1n) is 5.26. The highest BCUT2D eigenvalue weighted by Gasteiger charge is 2.07. The predicted octanol–water partition coefficient (Wildman–Crippen LogP) is 2.97. The van der Waals surface area contributed by atoms with Gasteiger partial charge in [-0.3, -0.25) is 4.40 Å². The number of hydrogen-bond donors (Lipinski definition) is 1. The van der Waals surface area contributed by atoms with Crippen LogP contribution in [0.15, 0.2) is 48.8 Å². The lowest BCUT2D eigenvalue weighted by molar-refractivity contribution is 1.29. The number of aromatic amines is 1. The molecule has 0 amide bonds. The minimum atomic E-state index is 0.934. The van der Waals surface area contributed by atoms with Gasteiger partial charge in [-0.25, -0.2) is 4.98 Å². The number of fused-ring (bicyclic) bond motifs is 5. The molecule has 76 valence electrons. The quantitative estimate of drug-likeness (QED) is 0.472. The summed E-state index contributed by atoms with van der Waals surface area (Å²) < 4.78 is 2.16. The van der Waals surface area contributed by atoms with Gasteiger partial charge in [-0.1, -0.05) is 24.3 Å². The van der Waals surface area contributed by atoms with Crippen molar-refractivity contribution >= 4 is 27.6 Å². The fourth-order valence-electron chi connectivity index (χ4n) is 2.28. The fraction of sp³-hybridized carbons (Fsp3) is 0. The molecule has 3 heteroatoms. The summed E-state index contributed by atoms with van der Waals surface area (Å²) in [5.41, 5.74) is 3.17. The van der Waals surface area contributed by atoms with E-state index in [0.717, 1.165) is 16.8 Å². The topological polar surface area (TPSA) is 33.1 Å². The van der Waals surface area contributed by atoms with E-state index in [2.05, 4.69) is 50.9 Å². The van der Waals surface area contributed by atoms with Crippen LogP contribution < -0.4 is 0 Å². The molecule has 0 spiro atoms. The Bertz CT molecular complexity index is 738. The minimum absolute atomic E-state index is 0.934. The Balaban J connectivity index is 2.35. The van der Waals surface area contributed by atoms with E-state index >= 15 is 0 Å². The van der Waals surface area contributed by atoms with Gasteiger partial charge < -0.3 is 4.98 Å². The fourth-order valence-corrected chi connectivity index (χ4v) is 2.28. The van der Waals surface area contributed by atoms with Crippen molar-refractivity contribution in [1.82, 2.24) is 14.4 Å². The number of H-pyrrole nitrogens is 1. The van der Waals surface area contributed by atoms with Gasteiger partial charge >= 0.3 is 0 Å². The number of nitrogens with one attached hydrogen (secondary N) is 1. The van der Waals surface area contributed by atoms with Crippen LogP contribution in [0.3, 0.4) is 0 Å². The van der Waals surface area contributed by atoms with Gasteiger partial charge in [-0.15, -0.1) is 0 Å². The van der Waals surface area contributed by atoms with Gasteiger partial charge in [0, 0.05) is 23.2 Å². The number of nitrogens with zero attached hydrogens (tertiary/aromatic N) is 2. The Kier molecular flexibility index (Phi) is 1.31. The number of hydrogen-bond acceptors (Lipinski definition) is 1. The van der Waals surface area contributed by atoms with Gasteiger partial charge in [0.05, 0.1) is 5.52 Å². The van der Waals surface area contributed by atoms with Gasteiger partial charge in [0.15, 0.2) is 5.65 Å². The Hall–Kier alpha value is -2.29. The van der Waals surface area contributed by atoms with E-state index < -0.39 is 0 Å². The molecule has 0 aliphatic rings. The number of aromatic nitrogens is 3. The van der Waals surface area contributed by atoms with Crippen molar-refractivity contribution in [3.05, 3.63) is 48.8 Å². The van der Waals surface area contributed by atoms with Crippen LogP contribution in [-0.4, -0.2) is 14.4 Å². The van der Waals surface area contributed by atoms with Crippen LogP contribution in [0, 0.1) is 0 Å². The van der Waals surface area contributed by atoms with Gasteiger partial charge in [0.25, 0.3) is 0 Å². The van der Waals surface area contributed by atoms with E-state index in [0.29, 0.717) is 0 Å². The summed E-state index contributed by atoms with van der Waals surface area (Å²) in [4.78, 5) is 7.67. The Labute approximate surface area is 91.3 Å². The summed E-state index contributed by atoms with van der Waals surface area (Å²) in [5.74, 6) is 0. The largest absolute Gasteiger partial charge is 0.324 e. The van der Waals surface area contributed by atoms with E-state index in [4.69, 9.17) is 0 Å². The molecule has 0 fully saturated rings. The minimum Gasteiger partial charge on any atom is -0.324 e. The molecular weight excluding hydrogens is 198 g/mol. The van der Waals surface area contributed by atoms with Crippen molar-refractivity contribution in [1.29, 1.82) is 0 Å². The molecular formula is C13H9N3. The van der Waals surface area contributed by atoms with E-state index in [1.807, 2.05) is 6.07 Å². The maximum Gasteiger partial charge on any atom is 0.155 e. The molecule has 0 saturated heterocycles. The molecule has 1 N–H and O–H groups in total. The molecule has 4 rings (SSSR count). The molecule has 3 heterocycles. The maximum atomic E-state index is 4.32. The Morgan fingerprint density at radius 3 is 3.00 bits per heavy atom. The van der Waals surface area contributed by atoms with E-state index in [1.165, 1.54) is 10.8 Å². The summed E-state index contributed by atoms with van der Waals surface area (Å²) in [7, 11) is 0. The van der Waals surface area contributed by atoms with E-state index in [-0.39, 0.29) is 0 Å². The molecule has 0 bridgehead atoms. The Morgan fingerprint density at radius 2 is 2.00 bits per heavy atom. The number of benzene rings is 1. The van der Waals surface area contributed by atoms with Crippen LogP contribution in [0.25, 0.3) is 27.6 Å². The number of imidazole rings is 1. The lowest BCUT2D eigenvalue weighted by Crippen LogP contribution is -1.76. The lowest BCUT2D eigenvalue weighted by Gasteiger charge is -1.87. The molecule has 4 aromatic rings. The standard InChI is InChI=1S/C13H9N3/c1-2-5-10-9(4-1)8-16-11-6-3-7-14-12(11)15-13(10)16/h1-8H,(H,14,15). The van der Waals surface area contributed by atoms with Crippen LogP contribution in [0.1, 0.15) is 0 Å². The summed E-state index contributed by atoms with van der Waals surface area (Å²) in [5, 5.41) is 2.49. The second-order valence-electron chi connectivity index (χ2n) is 3.93. The highest BCUT2D eigenvalue weighted by molar-refractivity contribution is 5.99. The highest BCUT2D eigenvalue weighted by Crippen LogP contribution is 2.24. The predicted molar refractivity (Wildman–Crippen MR) is 64.6 cm³/mol. The molecule has 0 unspecified atom stereocenters. The molecule has 3 aromatic heterocycles. The summed E-state index contributed by atoms with van der Waals surface area (Å²) in [6, 6.07) is 12.4. The van der Waals surface area contributed by atoms with E-state index in [9.17, 15) is 0 Å². The van der Waals surface area contributed by atoms with Crippen molar-refractivity contribution in [3.63, 3.8) is 0 Å². The van der Waals surface area contributed by atoms with E-state index in [1.54, 1.807) is 6.20 Å². The molecule has 0 aliphatic heterocycles. The first-order chi connectivity index (χ1) is 7.93. The van der Waals surface area contributed by atoms with Gasteiger partial charge in [0.2, 0.25) is 0 Å². The first kappa shape index (κ1) is 7.93. The summed E-state index contributed by atoms with van der Waals surface area (Å²) in [6.45, 7) is 0. The van der Waals surface area contributed by atoms with Crippen molar-refractivity contribution in [3.8, 4) is 0 Å². The zero-order valence-corrected chi connectivity index (χ0v) is 8.51. The number of rotatable bonds is 0. The van der Waals surface area contributed by atoms with Gasteiger partial charge in [-0.05, 0) is 12.1 Å². The van der Waals surface area contributed by atoms with Crippen molar-refractivity contribution in [2.75, 3.05) is 0 Å². The summed E-state index contributed by atoms with van der Waals surface area (Å²) >= 11 is 0. The maximum absolute atomic E-state index is 4.32. The molecule has 0 aliphatic carbocycles. The molecule has 0 atom stereocenters. The third-order valence-electron chi connectivity index (χ3n) is 3.01. The SMILES string of the molecule is c1ccc2c(c1)cn1c3cccnc3[nH]c21. The van der Waals surface area contributed by atoms with Gasteiger partial charge in [0.1, 0.15) is 5.65 Å². The molecule has 3 nitrogen and oxygen atoms in total. The van der Waals surface area contributed by atoms with Gasteiger partial charge in [-0.2, -0.15) is 0 Å². The van der Waals surface area contributed by atoms with Crippen molar-refractivity contribution < 1.29 is 0 Å². The monoisotopic (exact) mass is 207 g/mol. The number of pyridine rings is 1. The third-order valence-corrected chi connectivity index (χ3v) is 3.01. The van der Waals surface area contributed by atoms with Crippen molar-refractivity contribution in [2.45, 2.75) is 0 Å². The average molecular weight is 207 g/mol. The zero-order valence-electron chi connectivity index (χ0n) is 8.51. The lowest BCUT2D eigenvalue weighted by atomic mass is 10.2. The Morgan fingerprint density at radius 1 is 1.06 bits per heavy atom. The molecule has 0 radical (unpaired) electrons. The molecule has 1 aromatic carbocycles. The molecule has 0 saturated carbocycles. The molecule has 16 heavy (non-hydrogen) atoms. The zero-order chi connectivity index (χ0) is 10.5. The van der Waals surface area contributed by atoms with Crippen LogP contribution in [0.4, 0.5) is 0 Å². The smallest absolute Gasteiger partial charge is 0.155 e. The second kappa shape index (κ2) is 2.64.